The number of aromatic nitrogens is 2. The standard InChI is InChI=1S/C14H25N3O.C2H6.CH4/c1-5-7-17(8-6-2)13-9-14(16-11-15-13)18-10-12(3)4;1-2;/h9,11-12H,5-8,10H2,1-4H3;1-2H3;1H4. The average molecular weight is 297 g/mol. The number of nitrogens with zero attached hydrogens (tertiary/aromatic N) is 3. The zero-order valence-corrected chi connectivity index (χ0v) is 14.0. The maximum absolute atomic E-state index is 5.64. The van der Waals surface area contributed by atoms with Crippen LogP contribution >= 0.6 is 0 Å². The van der Waals surface area contributed by atoms with E-state index in [4.69, 9.17) is 4.74 Å². The second-order valence-corrected chi connectivity index (χ2v) is 4.91. The monoisotopic (exact) mass is 297 g/mol. The molecule has 4 nitrogen and oxygen atoms in total. The molecule has 0 aromatic carbocycles. The summed E-state index contributed by atoms with van der Waals surface area (Å²) in [6.07, 6.45) is 3.82. The van der Waals surface area contributed by atoms with E-state index in [0.29, 0.717) is 18.4 Å². The van der Waals surface area contributed by atoms with Crippen molar-refractivity contribution in [1.29, 1.82) is 0 Å². The summed E-state index contributed by atoms with van der Waals surface area (Å²) in [6.45, 7) is 15.4. The number of rotatable bonds is 8. The van der Waals surface area contributed by atoms with Crippen LogP contribution in [0.1, 0.15) is 61.8 Å². The molecule has 0 saturated heterocycles. The van der Waals surface area contributed by atoms with Crippen molar-refractivity contribution in [3.8, 4) is 5.88 Å². The third-order valence-electron chi connectivity index (χ3n) is 2.50. The van der Waals surface area contributed by atoms with Gasteiger partial charge in [-0.2, -0.15) is 0 Å². The molecule has 0 atom stereocenters. The first-order valence-corrected chi connectivity index (χ1v) is 7.87. The molecule has 0 fully saturated rings. The van der Waals surface area contributed by atoms with E-state index in [1.165, 1.54) is 0 Å². The Bertz CT molecular complexity index is 337. The fourth-order valence-electron chi connectivity index (χ4n) is 1.71. The molecular weight excluding hydrogens is 262 g/mol. The van der Waals surface area contributed by atoms with E-state index < -0.39 is 0 Å². The van der Waals surface area contributed by atoms with E-state index in [-0.39, 0.29) is 7.43 Å². The number of ether oxygens (including phenoxy) is 1. The SMILES string of the molecule is C.CC.CCCN(CCC)c1cc(OCC(C)C)ncn1. The van der Waals surface area contributed by atoms with Gasteiger partial charge in [0.05, 0.1) is 6.61 Å². The Balaban J connectivity index is 0. The minimum Gasteiger partial charge on any atom is -0.477 e. The summed E-state index contributed by atoms with van der Waals surface area (Å²) in [5.74, 6) is 2.14. The van der Waals surface area contributed by atoms with Crippen LogP contribution < -0.4 is 9.64 Å². The minimum absolute atomic E-state index is 0. The van der Waals surface area contributed by atoms with Crippen LogP contribution in [0.3, 0.4) is 0 Å². The molecule has 124 valence electrons. The summed E-state index contributed by atoms with van der Waals surface area (Å²) in [7, 11) is 0. The first kappa shape index (κ1) is 22.0. The Labute approximate surface area is 131 Å². The van der Waals surface area contributed by atoms with Gasteiger partial charge in [-0.1, -0.05) is 49.0 Å². The van der Waals surface area contributed by atoms with E-state index in [9.17, 15) is 0 Å². The number of hydrogen-bond donors (Lipinski definition) is 0. The van der Waals surface area contributed by atoms with Crippen molar-refractivity contribution in [1.82, 2.24) is 9.97 Å². The molecule has 0 saturated carbocycles. The van der Waals surface area contributed by atoms with Crippen LogP contribution in [0.25, 0.3) is 0 Å². The highest BCUT2D eigenvalue weighted by molar-refractivity contribution is 5.40. The van der Waals surface area contributed by atoms with E-state index in [1.807, 2.05) is 19.9 Å². The molecule has 1 heterocycles. The van der Waals surface area contributed by atoms with Gasteiger partial charge in [0.2, 0.25) is 5.88 Å². The van der Waals surface area contributed by atoms with Gasteiger partial charge in [-0.25, -0.2) is 9.97 Å². The van der Waals surface area contributed by atoms with Crippen LogP contribution in [0.2, 0.25) is 0 Å². The Hall–Kier alpha value is -1.32. The van der Waals surface area contributed by atoms with Gasteiger partial charge < -0.3 is 9.64 Å². The largest absolute Gasteiger partial charge is 0.477 e. The summed E-state index contributed by atoms with van der Waals surface area (Å²) < 4.78 is 5.64. The second-order valence-electron chi connectivity index (χ2n) is 4.91. The van der Waals surface area contributed by atoms with Crippen LogP contribution in [0, 0.1) is 5.92 Å². The molecule has 4 heteroatoms. The molecule has 1 aromatic heterocycles. The zero-order chi connectivity index (χ0) is 15.4. The van der Waals surface area contributed by atoms with Crippen molar-refractivity contribution < 1.29 is 4.74 Å². The molecule has 0 radical (unpaired) electrons. The molecule has 1 rings (SSSR count). The maximum atomic E-state index is 5.64. The van der Waals surface area contributed by atoms with Crippen LogP contribution in [0.4, 0.5) is 5.82 Å². The van der Waals surface area contributed by atoms with Crippen LogP contribution in [0.15, 0.2) is 12.4 Å². The summed E-state index contributed by atoms with van der Waals surface area (Å²) in [5, 5.41) is 0. The van der Waals surface area contributed by atoms with Crippen molar-refractivity contribution in [2.45, 2.75) is 61.8 Å². The van der Waals surface area contributed by atoms with Crippen LogP contribution in [0.5, 0.6) is 5.88 Å². The highest BCUT2D eigenvalue weighted by Gasteiger charge is 2.08. The first-order valence-electron chi connectivity index (χ1n) is 7.87. The average Bonchev–Trinajstić information content (AvgIpc) is 2.47. The molecule has 0 amide bonds. The molecule has 21 heavy (non-hydrogen) atoms. The third-order valence-corrected chi connectivity index (χ3v) is 2.50. The molecule has 0 unspecified atom stereocenters. The van der Waals surface area contributed by atoms with Crippen molar-refractivity contribution in [3.05, 3.63) is 12.4 Å². The van der Waals surface area contributed by atoms with Gasteiger partial charge in [0.1, 0.15) is 12.1 Å². The molecule has 1 aromatic rings. The smallest absolute Gasteiger partial charge is 0.218 e. The second kappa shape index (κ2) is 13.7. The Morgan fingerprint density at radius 1 is 1.10 bits per heavy atom. The van der Waals surface area contributed by atoms with E-state index in [0.717, 1.165) is 31.7 Å². The van der Waals surface area contributed by atoms with Gasteiger partial charge in [0.15, 0.2) is 0 Å². The lowest BCUT2D eigenvalue weighted by atomic mass is 10.2. The zero-order valence-electron chi connectivity index (χ0n) is 14.0. The topological polar surface area (TPSA) is 38.2 Å². The normalized spacial score (nSPS) is 9.48. The quantitative estimate of drug-likeness (QED) is 0.691. The summed E-state index contributed by atoms with van der Waals surface area (Å²) in [4.78, 5) is 10.8. The first-order chi connectivity index (χ1) is 9.67. The van der Waals surface area contributed by atoms with E-state index >= 15 is 0 Å². The molecule has 0 aliphatic rings. The molecule has 0 bridgehead atoms. The van der Waals surface area contributed by atoms with Crippen LogP contribution in [-0.2, 0) is 0 Å². The summed E-state index contributed by atoms with van der Waals surface area (Å²) in [5.41, 5.74) is 0. The summed E-state index contributed by atoms with van der Waals surface area (Å²) >= 11 is 0. The fourth-order valence-corrected chi connectivity index (χ4v) is 1.71. The molecule has 0 aliphatic carbocycles. The molecule has 0 N–H and O–H groups in total. The third kappa shape index (κ3) is 9.27. The van der Waals surface area contributed by atoms with Crippen molar-refractivity contribution in [2.24, 2.45) is 5.92 Å². The highest BCUT2D eigenvalue weighted by atomic mass is 16.5. The lowest BCUT2D eigenvalue weighted by Crippen LogP contribution is -2.25. The predicted molar refractivity (Wildman–Crippen MR) is 93.2 cm³/mol. The Morgan fingerprint density at radius 3 is 2.14 bits per heavy atom. The summed E-state index contributed by atoms with van der Waals surface area (Å²) in [6, 6.07) is 1.94. The highest BCUT2D eigenvalue weighted by Crippen LogP contribution is 2.17. The van der Waals surface area contributed by atoms with Gasteiger partial charge >= 0.3 is 0 Å². The van der Waals surface area contributed by atoms with Crippen molar-refractivity contribution in [3.63, 3.8) is 0 Å². The molecule has 0 spiro atoms. The maximum Gasteiger partial charge on any atom is 0.218 e. The van der Waals surface area contributed by atoms with Crippen LogP contribution in [-0.4, -0.2) is 29.7 Å². The van der Waals surface area contributed by atoms with Gasteiger partial charge in [0, 0.05) is 19.2 Å². The molecule has 0 aliphatic heterocycles. The molecular formula is C17H35N3O. The Kier molecular flexibility index (Phi) is 14.3. The van der Waals surface area contributed by atoms with Gasteiger partial charge in [-0.05, 0) is 18.8 Å². The van der Waals surface area contributed by atoms with E-state index in [2.05, 4.69) is 42.6 Å². The lowest BCUT2D eigenvalue weighted by Gasteiger charge is -2.22. The van der Waals surface area contributed by atoms with Gasteiger partial charge in [-0.15, -0.1) is 0 Å². The van der Waals surface area contributed by atoms with Crippen molar-refractivity contribution in [2.75, 3.05) is 24.6 Å². The minimum atomic E-state index is 0. The lowest BCUT2D eigenvalue weighted by molar-refractivity contribution is 0.261. The van der Waals surface area contributed by atoms with Gasteiger partial charge in [-0.3, -0.25) is 0 Å². The fraction of sp³-hybridized carbons (Fsp3) is 0.765. The van der Waals surface area contributed by atoms with E-state index in [1.54, 1.807) is 6.33 Å². The van der Waals surface area contributed by atoms with Crippen molar-refractivity contribution >= 4 is 5.82 Å². The Morgan fingerprint density at radius 2 is 1.67 bits per heavy atom. The number of hydrogen-bond acceptors (Lipinski definition) is 4. The number of anilines is 1. The predicted octanol–water partition coefficient (Wildman–Crippen LogP) is 4.80. The van der Waals surface area contributed by atoms with Gasteiger partial charge in [0.25, 0.3) is 0 Å².